The summed E-state index contributed by atoms with van der Waals surface area (Å²) in [5.41, 5.74) is 3.78. The maximum absolute atomic E-state index is 5.76. The van der Waals surface area contributed by atoms with Crippen molar-refractivity contribution in [3.05, 3.63) is 53.3 Å². The number of benzene rings is 1. The zero-order valence-electron chi connectivity index (χ0n) is 10.7. The van der Waals surface area contributed by atoms with E-state index in [-0.39, 0.29) is 0 Å². The van der Waals surface area contributed by atoms with E-state index >= 15 is 0 Å². The Labute approximate surface area is 103 Å². The van der Waals surface area contributed by atoms with Crippen molar-refractivity contribution in [3.63, 3.8) is 0 Å². The van der Waals surface area contributed by atoms with Crippen LogP contribution in [-0.4, -0.2) is 13.3 Å². The van der Waals surface area contributed by atoms with Crippen LogP contribution in [0.25, 0.3) is 0 Å². The van der Waals surface area contributed by atoms with E-state index in [0.29, 0.717) is 6.73 Å². The van der Waals surface area contributed by atoms with E-state index < -0.39 is 0 Å². The normalized spacial score (nSPS) is 16.5. The van der Waals surface area contributed by atoms with Crippen LogP contribution in [0.4, 0.5) is 5.69 Å². The number of rotatable bonds is 2. The summed E-state index contributed by atoms with van der Waals surface area (Å²) in [4.78, 5) is 2.25. The molecule has 1 heterocycles. The molecule has 1 aliphatic rings. The second-order valence-electron chi connectivity index (χ2n) is 4.45. The molecule has 0 radical (unpaired) electrons. The van der Waals surface area contributed by atoms with Crippen molar-refractivity contribution in [1.82, 2.24) is 0 Å². The van der Waals surface area contributed by atoms with E-state index in [9.17, 15) is 0 Å². The van der Waals surface area contributed by atoms with E-state index in [1.54, 1.807) is 0 Å². The van der Waals surface area contributed by atoms with Gasteiger partial charge in [0.1, 0.15) is 5.76 Å². The van der Waals surface area contributed by atoms with Gasteiger partial charge in [-0.3, -0.25) is 0 Å². The minimum Gasteiger partial charge on any atom is -0.473 e. The van der Waals surface area contributed by atoms with Crippen molar-refractivity contribution in [2.45, 2.75) is 20.8 Å². The predicted octanol–water partition coefficient (Wildman–Crippen LogP) is 3.64. The number of aryl methyl sites for hydroxylation is 1. The molecule has 2 heteroatoms. The van der Waals surface area contributed by atoms with E-state index in [2.05, 4.69) is 43.0 Å². The standard InChI is InChI=1S/C15H19NO/c1-4-6-15-13(3)10-16(11-17-15)14-8-5-7-12(2)9-14/h4-9H,10-11H2,1-3H3/b6-4-. The van der Waals surface area contributed by atoms with Gasteiger partial charge >= 0.3 is 0 Å². The van der Waals surface area contributed by atoms with Crippen molar-refractivity contribution in [2.75, 3.05) is 18.2 Å². The topological polar surface area (TPSA) is 12.5 Å². The van der Waals surface area contributed by atoms with E-state index in [1.165, 1.54) is 16.8 Å². The lowest BCUT2D eigenvalue weighted by atomic mass is 10.1. The lowest BCUT2D eigenvalue weighted by Gasteiger charge is -2.31. The zero-order chi connectivity index (χ0) is 12.3. The van der Waals surface area contributed by atoms with Gasteiger partial charge in [-0.25, -0.2) is 0 Å². The van der Waals surface area contributed by atoms with Gasteiger partial charge in [0.15, 0.2) is 6.73 Å². The molecule has 0 bridgehead atoms. The summed E-state index contributed by atoms with van der Waals surface area (Å²) >= 11 is 0. The highest BCUT2D eigenvalue weighted by molar-refractivity contribution is 5.50. The van der Waals surface area contributed by atoms with Crippen LogP contribution >= 0.6 is 0 Å². The Morgan fingerprint density at radius 2 is 2.12 bits per heavy atom. The third kappa shape index (κ3) is 2.70. The molecule has 0 unspecified atom stereocenters. The summed E-state index contributed by atoms with van der Waals surface area (Å²) in [6, 6.07) is 8.52. The van der Waals surface area contributed by atoms with Gasteiger partial charge < -0.3 is 9.64 Å². The Hall–Kier alpha value is -1.70. The van der Waals surface area contributed by atoms with E-state index in [4.69, 9.17) is 4.74 Å². The maximum atomic E-state index is 5.76. The third-order valence-corrected chi connectivity index (χ3v) is 2.91. The SMILES string of the molecule is C/C=C\C1=C(C)CN(c2cccc(C)c2)CO1. The maximum Gasteiger partial charge on any atom is 0.161 e. The van der Waals surface area contributed by atoms with Gasteiger partial charge in [0.05, 0.1) is 0 Å². The summed E-state index contributed by atoms with van der Waals surface area (Å²) in [6.45, 7) is 7.81. The summed E-state index contributed by atoms with van der Waals surface area (Å²) in [5.74, 6) is 1.01. The Morgan fingerprint density at radius 3 is 2.76 bits per heavy atom. The fourth-order valence-electron chi connectivity index (χ4n) is 2.01. The minimum atomic E-state index is 0.625. The quantitative estimate of drug-likeness (QED) is 0.767. The van der Waals surface area contributed by atoms with Gasteiger partial charge in [-0.2, -0.15) is 0 Å². The molecule has 0 spiro atoms. The van der Waals surface area contributed by atoms with Gasteiger partial charge in [0, 0.05) is 12.2 Å². The van der Waals surface area contributed by atoms with Gasteiger partial charge in [0.2, 0.25) is 0 Å². The van der Waals surface area contributed by atoms with Crippen LogP contribution in [0.3, 0.4) is 0 Å². The third-order valence-electron chi connectivity index (χ3n) is 2.91. The van der Waals surface area contributed by atoms with Gasteiger partial charge in [0.25, 0.3) is 0 Å². The van der Waals surface area contributed by atoms with Crippen molar-refractivity contribution >= 4 is 5.69 Å². The van der Waals surface area contributed by atoms with Crippen LogP contribution in [0, 0.1) is 6.92 Å². The molecule has 1 aliphatic heterocycles. The number of ether oxygens (including phenoxy) is 1. The summed E-state index contributed by atoms with van der Waals surface area (Å²) < 4.78 is 5.76. The smallest absolute Gasteiger partial charge is 0.161 e. The Balaban J connectivity index is 2.18. The second kappa shape index (κ2) is 5.09. The Kier molecular flexibility index (Phi) is 3.52. The summed E-state index contributed by atoms with van der Waals surface area (Å²) in [7, 11) is 0. The van der Waals surface area contributed by atoms with Crippen LogP contribution < -0.4 is 4.90 Å². The van der Waals surface area contributed by atoms with Crippen LogP contribution in [0.2, 0.25) is 0 Å². The lowest BCUT2D eigenvalue weighted by molar-refractivity contribution is 0.207. The first-order valence-corrected chi connectivity index (χ1v) is 5.97. The molecule has 17 heavy (non-hydrogen) atoms. The molecule has 0 saturated heterocycles. The summed E-state index contributed by atoms with van der Waals surface area (Å²) in [5, 5.41) is 0. The molecule has 0 amide bonds. The monoisotopic (exact) mass is 229 g/mol. The molecule has 1 aromatic rings. The fraction of sp³-hybridized carbons (Fsp3) is 0.333. The minimum absolute atomic E-state index is 0.625. The molecule has 1 aromatic carbocycles. The molecule has 0 saturated carbocycles. The first-order valence-electron chi connectivity index (χ1n) is 5.97. The van der Waals surface area contributed by atoms with Crippen LogP contribution in [0.15, 0.2) is 47.7 Å². The predicted molar refractivity (Wildman–Crippen MR) is 72.0 cm³/mol. The van der Waals surface area contributed by atoms with E-state index in [0.717, 1.165) is 12.3 Å². The summed E-state index contributed by atoms with van der Waals surface area (Å²) in [6.07, 6.45) is 4.05. The average Bonchev–Trinajstić information content (AvgIpc) is 2.32. The van der Waals surface area contributed by atoms with Crippen LogP contribution in [-0.2, 0) is 4.74 Å². The molecule has 0 atom stereocenters. The zero-order valence-corrected chi connectivity index (χ0v) is 10.7. The molecule has 2 nitrogen and oxygen atoms in total. The number of allylic oxidation sites excluding steroid dienone is 2. The first-order chi connectivity index (χ1) is 8.20. The fourth-order valence-corrected chi connectivity index (χ4v) is 2.01. The average molecular weight is 229 g/mol. The largest absolute Gasteiger partial charge is 0.473 e. The highest BCUT2D eigenvalue weighted by atomic mass is 16.5. The van der Waals surface area contributed by atoms with Crippen LogP contribution in [0.1, 0.15) is 19.4 Å². The van der Waals surface area contributed by atoms with Crippen molar-refractivity contribution in [3.8, 4) is 0 Å². The van der Waals surface area contributed by atoms with Crippen LogP contribution in [0.5, 0.6) is 0 Å². The number of anilines is 1. The molecule has 2 rings (SSSR count). The second-order valence-corrected chi connectivity index (χ2v) is 4.45. The molecule has 0 fully saturated rings. The molecular formula is C15H19NO. The molecule has 0 aromatic heterocycles. The Morgan fingerprint density at radius 1 is 1.29 bits per heavy atom. The molecule has 90 valence electrons. The van der Waals surface area contributed by atoms with E-state index in [1.807, 2.05) is 19.1 Å². The highest BCUT2D eigenvalue weighted by Gasteiger charge is 2.15. The van der Waals surface area contributed by atoms with Crippen molar-refractivity contribution in [1.29, 1.82) is 0 Å². The number of hydrogen-bond donors (Lipinski definition) is 0. The number of hydrogen-bond acceptors (Lipinski definition) is 2. The Bertz CT molecular complexity index is 460. The first kappa shape index (κ1) is 11.8. The van der Waals surface area contributed by atoms with Gasteiger partial charge in [-0.05, 0) is 50.1 Å². The van der Waals surface area contributed by atoms with Gasteiger partial charge in [-0.1, -0.05) is 18.2 Å². The highest BCUT2D eigenvalue weighted by Crippen LogP contribution is 2.23. The van der Waals surface area contributed by atoms with Gasteiger partial charge in [-0.15, -0.1) is 0 Å². The van der Waals surface area contributed by atoms with Crippen molar-refractivity contribution < 1.29 is 4.74 Å². The lowest BCUT2D eigenvalue weighted by Crippen LogP contribution is -2.32. The van der Waals surface area contributed by atoms with Crippen molar-refractivity contribution in [2.24, 2.45) is 0 Å². The molecule has 0 aliphatic carbocycles. The molecular weight excluding hydrogens is 210 g/mol. The number of nitrogens with zero attached hydrogens (tertiary/aromatic N) is 1. The molecule has 0 N–H and O–H groups in total.